The highest BCUT2D eigenvalue weighted by Crippen LogP contribution is 1.94. The van der Waals surface area contributed by atoms with E-state index in [4.69, 9.17) is 0 Å². The minimum atomic E-state index is -0.271. The van der Waals surface area contributed by atoms with Crippen LogP contribution in [-0.4, -0.2) is 32.6 Å². The van der Waals surface area contributed by atoms with Crippen LogP contribution in [0.2, 0.25) is 0 Å². The van der Waals surface area contributed by atoms with Crippen LogP contribution < -0.4 is 32.8 Å². The van der Waals surface area contributed by atoms with Gasteiger partial charge in [-0.1, -0.05) is 0 Å². The molecular formula is C12H16N10O2. The van der Waals surface area contributed by atoms with Gasteiger partial charge >= 0.3 is 0 Å². The van der Waals surface area contributed by atoms with Gasteiger partial charge in [0.1, 0.15) is 12.7 Å². The summed E-state index contributed by atoms with van der Waals surface area (Å²) in [5.74, 6) is 0.450. The number of nitrogens with zero attached hydrogens (tertiary/aromatic N) is 4. The Hall–Kier alpha value is -3.70. The highest BCUT2D eigenvalue weighted by Gasteiger charge is 1.95. The molecule has 0 atom stereocenters. The van der Waals surface area contributed by atoms with E-state index >= 15 is 0 Å². The Morgan fingerprint density at radius 1 is 0.875 bits per heavy atom. The molecule has 0 fully saturated rings. The molecule has 0 saturated carbocycles. The van der Waals surface area contributed by atoms with Crippen molar-refractivity contribution >= 4 is 24.6 Å². The molecule has 12 heteroatoms. The summed E-state index contributed by atoms with van der Waals surface area (Å²) in [7, 11) is 0. The fourth-order valence-corrected chi connectivity index (χ4v) is 1.59. The number of nitrogens with one attached hydrogen (secondary N) is 6. The Labute approximate surface area is 135 Å². The van der Waals surface area contributed by atoms with Gasteiger partial charge in [0.25, 0.3) is 11.1 Å². The number of anilines is 2. The molecule has 0 aliphatic carbocycles. The zero-order valence-corrected chi connectivity index (χ0v) is 12.9. The number of hydrazone groups is 2. The molecule has 24 heavy (non-hydrogen) atoms. The molecular weight excluding hydrogens is 316 g/mol. The number of hydrazine groups is 1. The monoisotopic (exact) mass is 332 g/mol. The average molecular weight is 332 g/mol. The summed E-state index contributed by atoms with van der Waals surface area (Å²) < 4.78 is 0. The molecule has 0 aliphatic rings. The molecule has 0 aliphatic heterocycles. The lowest BCUT2D eigenvalue weighted by molar-refractivity contribution is 0.891. The minimum Gasteiger partial charge on any atom is -0.291 e. The molecule has 126 valence electrons. The number of hydrogen-bond donors (Lipinski definition) is 6. The van der Waals surface area contributed by atoms with Crippen molar-refractivity contribution in [1.82, 2.24) is 30.8 Å². The van der Waals surface area contributed by atoms with Gasteiger partial charge in [-0.15, -0.1) is 0 Å². The second kappa shape index (κ2) is 8.07. The molecule has 0 bridgehead atoms. The first-order valence-electron chi connectivity index (χ1n) is 6.75. The number of rotatable bonds is 7. The zero-order chi connectivity index (χ0) is 17.4. The van der Waals surface area contributed by atoms with Gasteiger partial charge in [-0.25, -0.2) is 20.8 Å². The van der Waals surface area contributed by atoms with Crippen molar-refractivity contribution < 1.29 is 0 Å². The van der Waals surface area contributed by atoms with E-state index in [1.165, 1.54) is 24.8 Å². The van der Waals surface area contributed by atoms with Crippen LogP contribution >= 0.6 is 0 Å². The van der Waals surface area contributed by atoms with Crippen LogP contribution in [0, 0.1) is 13.8 Å². The number of H-pyrrole nitrogens is 2. The van der Waals surface area contributed by atoms with Gasteiger partial charge in [-0.3, -0.25) is 30.4 Å². The van der Waals surface area contributed by atoms with Crippen LogP contribution in [0.4, 0.5) is 11.9 Å². The van der Waals surface area contributed by atoms with E-state index in [0.29, 0.717) is 11.4 Å². The molecule has 0 amide bonds. The van der Waals surface area contributed by atoms with E-state index in [2.05, 4.69) is 51.8 Å². The largest absolute Gasteiger partial charge is 0.291 e. The van der Waals surface area contributed by atoms with Crippen LogP contribution in [0.5, 0.6) is 0 Å². The summed E-state index contributed by atoms with van der Waals surface area (Å²) in [6.45, 7) is 3.40. The van der Waals surface area contributed by atoms with E-state index in [-0.39, 0.29) is 23.0 Å². The first-order valence-corrected chi connectivity index (χ1v) is 6.75. The van der Waals surface area contributed by atoms with Crippen LogP contribution in [0.1, 0.15) is 11.4 Å². The van der Waals surface area contributed by atoms with E-state index < -0.39 is 0 Å². The molecule has 0 radical (unpaired) electrons. The smallest absolute Gasteiger partial charge is 0.252 e. The van der Waals surface area contributed by atoms with Crippen LogP contribution in [0.15, 0.2) is 31.9 Å². The summed E-state index contributed by atoms with van der Waals surface area (Å²) in [6, 6.07) is 2.74. The molecule has 2 heterocycles. The Morgan fingerprint density at radius 2 is 1.29 bits per heavy atom. The van der Waals surface area contributed by atoms with Crippen molar-refractivity contribution in [2.45, 2.75) is 13.8 Å². The fraction of sp³-hybridized carbons (Fsp3) is 0.167. The zero-order valence-electron chi connectivity index (χ0n) is 12.9. The third kappa shape index (κ3) is 5.59. The fourth-order valence-electron chi connectivity index (χ4n) is 1.59. The highest BCUT2D eigenvalue weighted by molar-refractivity contribution is 5.62. The maximum Gasteiger partial charge on any atom is 0.252 e. The standard InChI is InChI=1S/C12H16N10O2/c1-7-3-9(23)19-11(17-7)21-15-5-13-14-6-16-22-12-18-8(2)4-10(24)20-12/h3-6H,1-2H3,(H,13,15)(H,14,16)(H2,17,19,21,23)(H2,18,20,22,24). The quantitative estimate of drug-likeness (QED) is 0.162. The lowest BCUT2D eigenvalue weighted by Crippen LogP contribution is -2.29. The summed E-state index contributed by atoms with van der Waals surface area (Å²) in [5, 5.41) is 7.56. The average Bonchev–Trinajstić information content (AvgIpc) is 2.48. The molecule has 0 saturated heterocycles. The Bertz CT molecular complexity index is 782. The third-order valence-corrected chi connectivity index (χ3v) is 2.42. The van der Waals surface area contributed by atoms with Gasteiger partial charge < -0.3 is 0 Å². The summed E-state index contributed by atoms with van der Waals surface area (Å²) in [4.78, 5) is 35.4. The van der Waals surface area contributed by atoms with Gasteiger partial charge in [-0.05, 0) is 13.8 Å². The molecule has 2 rings (SSSR count). The third-order valence-electron chi connectivity index (χ3n) is 2.42. The second-order valence-electron chi connectivity index (χ2n) is 4.50. The molecule has 6 N–H and O–H groups in total. The van der Waals surface area contributed by atoms with E-state index in [1.807, 2.05) is 0 Å². The predicted molar refractivity (Wildman–Crippen MR) is 89.7 cm³/mol. The van der Waals surface area contributed by atoms with Crippen molar-refractivity contribution in [3.63, 3.8) is 0 Å². The van der Waals surface area contributed by atoms with Crippen molar-refractivity contribution in [3.8, 4) is 0 Å². The van der Waals surface area contributed by atoms with Gasteiger partial charge in [0.15, 0.2) is 0 Å². The number of aromatic nitrogens is 4. The molecule has 0 unspecified atom stereocenters. The lowest BCUT2D eigenvalue weighted by atomic mass is 10.5. The van der Waals surface area contributed by atoms with Crippen molar-refractivity contribution in [2.75, 3.05) is 10.9 Å². The van der Waals surface area contributed by atoms with Crippen LogP contribution in [-0.2, 0) is 0 Å². The van der Waals surface area contributed by atoms with Gasteiger partial charge in [0.05, 0.1) is 0 Å². The van der Waals surface area contributed by atoms with Crippen molar-refractivity contribution in [2.24, 2.45) is 10.2 Å². The maximum absolute atomic E-state index is 11.2. The molecule has 12 nitrogen and oxygen atoms in total. The number of aryl methyl sites for hydroxylation is 2. The van der Waals surface area contributed by atoms with Crippen LogP contribution in [0.25, 0.3) is 0 Å². The first-order chi connectivity index (χ1) is 11.5. The van der Waals surface area contributed by atoms with E-state index in [1.54, 1.807) is 13.8 Å². The Balaban J connectivity index is 1.72. The van der Waals surface area contributed by atoms with Gasteiger partial charge in [0.2, 0.25) is 11.9 Å². The normalized spacial score (nSPS) is 10.9. The first kappa shape index (κ1) is 16.7. The topological polar surface area (TPSA) is 164 Å². The Kier molecular flexibility index (Phi) is 5.60. The molecule has 2 aromatic rings. The van der Waals surface area contributed by atoms with Crippen molar-refractivity contribution in [3.05, 3.63) is 44.2 Å². The van der Waals surface area contributed by atoms with Gasteiger partial charge in [-0.2, -0.15) is 10.2 Å². The lowest BCUT2D eigenvalue weighted by Gasteiger charge is -2.01. The molecule has 0 aromatic carbocycles. The summed E-state index contributed by atoms with van der Waals surface area (Å²) >= 11 is 0. The SMILES string of the molecule is Cc1cc(=O)[nH]c(NN=CNN/C=N\Nc2nc(C)cc(=O)[nH]2)n1. The summed E-state index contributed by atoms with van der Waals surface area (Å²) in [6.07, 6.45) is 2.56. The summed E-state index contributed by atoms with van der Waals surface area (Å²) in [5.41, 5.74) is 10.9. The molecule has 2 aromatic heterocycles. The van der Waals surface area contributed by atoms with Gasteiger partial charge in [0, 0.05) is 23.5 Å². The number of aromatic amines is 2. The Morgan fingerprint density at radius 3 is 1.67 bits per heavy atom. The minimum absolute atomic E-state index is 0.225. The van der Waals surface area contributed by atoms with Crippen molar-refractivity contribution in [1.29, 1.82) is 0 Å². The van der Waals surface area contributed by atoms with E-state index in [9.17, 15) is 9.59 Å². The molecule has 0 spiro atoms. The van der Waals surface area contributed by atoms with E-state index in [0.717, 1.165) is 0 Å². The highest BCUT2D eigenvalue weighted by atomic mass is 16.1. The maximum atomic E-state index is 11.2. The van der Waals surface area contributed by atoms with Crippen LogP contribution in [0.3, 0.4) is 0 Å². The second-order valence-corrected chi connectivity index (χ2v) is 4.50. The number of hydrogen-bond acceptors (Lipinski definition) is 8. The predicted octanol–water partition coefficient (Wildman–Crippen LogP) is -1.03.